The monoisotopic (exact) mass is 1010 g/mol. The molecule has 6 heteroatoms. The Morgan fingerprint density at radius 2 is 0.534 bits per heavy atom. The average Bonchev–Trinajstić information content (AvgIpc) is 3.39. The van der Waals surface area contributed by atoms with E-state index in [0.29, 0.717) is 19.3 Å². The summed E-state index contributed by atoms with van der Waals surface area (Å²) in [6.07, 6.45) is 84.9. The normalized spacial score (nSPS) is 13.1. The van der Waals surface area contributed by atoms with E-state index in [-0.39, 0.29) is 31.1 Å². The standard InChI is InChI=1S/C67H108O6/c1-4-7-10-13-15-17-19-21-23-25-27-29-31-32-33-34-36-37-39-41-43-45-47-49-51-54-57-60-66(69)72-63-64(62-71-65(68)59-56-53-12-9-6-3)73-67(70)61-58-55-52-50-48-46-44-42-40-38-35-30-28-26-24-22-20-18-16-14-11-8-5-2/h7-8,10-11,15-18,21-24,27-30,32-33,36-38,40,64H,4-6,9,12-14,19-20,25-26,31,34-35,39,41-63H2,1-3H3/b10-7-,11-8-,17-15-,18-16-,23-21-,24-22-,29-27-,30-28-,33-32-,37-36-,40-38-. The summed E-state index contributed by atoms with van der Waals surface area (Å²) in [5.74, 6) is -0.926. The number of hydrogen-bond acceptors (Lipinski definition) is 6. The van der Waals surface area contributed by atoms with Gasteiger partial charge in [0.1, 0.15) is 13.2 Å². The highest BCUT2D eigenvalue weighted by Gasteiger charge is 2.19. The molecule has 1 unspecified atom stereocenters. The molecule has 0 aliphatic rings. The van der Waals surface area contributed by atoms with Crippen LogP contribution in [0.2, 0.25) is 0 Å². The van der Waals surface area contributed by atoms with E-state index < -0.39 is 6.10 Å². The third kappa shape index (κ3) is 58.3. The van der Waals surface area contributed by atoms with Crippen LogP contribution in [0.25, 0.3) is 0 Å². The molecular weight excluding hydrogens is 901 g/mol. The van der Waals surface area contributed by atoms with E-state index in [0.717, 1.165) is 154 Å². The van der Waals surface area contributed by atoms with Crippen molar-refractivity contribution in [1.82, 2.24) is 0 Å². The first-order chi connectivity index (χ1) is 36.0. The van der Waals surface area contributed by atoms with Crippen molar-refractivity contribution in [2.24, 2.45) is 0 Å². The van der Waals surface area contributed by atoms with Gasteiger partial charge >= 0.3 is 17.9 Å². The van der Waals surface area contributed by atoms with Crippen molar-refractivity contribution in [2.75, 3.05) is 13.2 Å². The van der Waals surface area contributed by atoms with Gasteiger partial charge in [0.05, 0.1) is 0 Å². The summed E-state index contributed by atoms with van der Waals surface area (Å²) in [6, 6.07) is 0. The molecular formula is C67H108O6. The topological polar surface area (TPSA) is 78.9 Å². The van der Waals surface area contributed by atoms with Gasteiger partial charge in [-0.1, -0.05) is 251 Å². The minimum Gasteiger partial charge on any atom is -0.462 e. The van der Waals surface area contributed by atoms with Crippen LogP contribution in [-0.2, 0) is 28.6 Å². The van der Waals surface area contributed by atoms with Crippen LogP contribution >= 0.6 is 0 Å². The van der Waals surface area contributed by atoms with E-state index >= 15 is 0 Å². The number of allylic oxidation sites excluding steroid dienone is 22. The zero-order valence-electron chi connectivity index (χ0n) is 47.1. The first kappa shape index (κ1) is 68.6. The molecule has 1 atom stereocenters. The second kappa shape index (κ2) is 60.1. The third-order valence-corrected chi connectivity index (χ3v) is 12.2. The van der Waals surface area contributed by atoms with Gasteiger partial charge in [0.15, 0.2) is 6.10 Å². The SMILES string of the molecule is CC/C=C\C/C=C\C/C=C\C/C=C\C/C=C\C/C=C\CCCCCCCCCCC(=O)OCC(COC(=O)CCCCCCC)OC(=O)CCCCCCCCC/C=C\C/C=C\C/C=C\C/C=C\C/C=C\CC. The molecule has 0 aliphatic heterocycles. The fourth-order valence-corrected chi connectivity index (χ4v) is 7.77. The molecule has 0 spiro atoms. The Kier molecular flexibility index (Phi) is 56.4. The lowest BCUT2D eigenvalue weighted by atomic mass is 10.1. The molecule has 0 saturated heterocycles. The molecule has 0 amide bonds. The second-order valence-corrected chi connectivity index (χ2v) is 19.1. The van der Waals surface area contributed by atoms with Crippen LogP contribution in [0.1, 0.15) is 252 Å². The van der Waals surface area contributed by atoms with Crippen molar-refractivity contribution in [1.29, 1.82) is 0 Å². The van der Waals surface area contributed by atoms with E-state index in [1.54, 1.807) is 0 Å². The van der Waals surface area contributed by atoms with E-state index in [2.05, 4.69) is 154 Å². The maximum atomic E-state index is 12.8. The van der Waals surface area contributed by atoms with Gasteiger partial charge in [-0.3, -0.25) is 14.4 Å². The van der Waals surface area contributed by atoms with Gasteiger partial charge in [-0.05, 0) is 116 Å². The molecule has 0 aliphatic carbocycles. The Labute approximate surface area is 449 Å². The fourth-order valence-electron chi connectivity index (χ4n) is 7.77. The van der Waals surface area contributed by atoms with Crippen LogP contribution < -0.4 is 0 Å². The molecule has 0 rings (SSSR count). The van der Waals surface area contributed by atoms with E-state index in [1.165, 1.54) is 57.8 Å². The zero-order valence-corrected chi connectivity index (χ0v) is 47.1. The summed E-state index contributed by atoms with van der Waals surface area (Å²) in [5.41, 5.74) is 0. The van der Waals surface area contributed by atoms with Crippen LogP contribution in [0.15, 0.2) is 134 Å². The van der Waals surface area contributed by atoms with E-state index in [9.17, 15) is 14.4 Å². The van der Waals surface area contributed by atoms with Gasteiger partial charge in [-0.2, -0.15) is 0 Å². The molecule has 412 valence electrons. The van der Waals surface area contributed by atoms with Crippen molar-refractivity contribution in [3.8, 4) is 0 Å². The lowest BCUT2D eigenvalue weighted by Crippen LogP contribution is -2.30. The highest BCUT2D eigenvalue weighted by Crippen LogP contribution is 2.14. The number of unbranched alkanes of at least 4 members (excludes halogenated alkanes) is 19. The highest BCUT2D eigenvalue weighted by atomic mass is 16.6. The molecule has 73 heavy (non-hydrogen) atoms. The minimum atomic E-state index is -0.789. The molecule has 0 radical (unpaired) electrons. The zero-order chi connectivity index (χ0) is 52.9. The maximum absolute atomic E-state index is 12.8. The minimum absolute atomic E-state index is 0.0895. The number of rotatable bonds is 52. The maximum Gasteiger partial charge on any atom is 0.306 e. The van der Waals surface area contributed by atoms with Gasteiger partial charge in [0.25, 0.3) is 0 Å². The Morgan fingerprint density at radius 3 is 0.836 bits per heavy atom. The summed E-state index contributed by atoms with van der Waals surface area (Å²) >= 11 is 0. The second-order valence-electron chi connectivity index (χ2n) is 19.1. The van der Waals surface area contributed by atoms with Gasteiger partial charge in [-0.15, -0.1) is 0 Å². The van der Waals surface area contributed by atoms with Crippen molar-refractivity contribution in [3.63, 3.8) is 0 Å². The largest absolute Gasteiger partial charge is 0.462 e. The van der Waals surface area contributed by atoms with Crippen molar-refractivity contribution < 1.29 is 28.6 Å². The molecule has 0 saturated carbocycles. The van der Waals surface area contributed by atoms with Crippen LogP contribution in [0, 0.1) is 0 Å². The van der Waals surface area contributed by atoms with Gasteiger partial charge in [0.2, 0.25) is 0 Å². The first-order valence-corrected chi connectivity index (χ1v) is 29.7. The van der Waals surface area contributed by atoms with Crippen LogP contribution in [0.5, 0.6) is 0 Å². The number of carbonyl (C=O) groups excluding carboxylic acids is 3. The van der Waals surface area contributed by atoms with Crippen molar-refractivity contribution in [2.45, 2.75) is 258 Å². The molecule has 0 aromatic carbocycles. The van der Waals surface area contributed by atoms with Crippen LogP contribution in [0.4, 0.5) is 0 Å². The predicted molar refractivity (Wildman–Crippen MR) is 316 cm³/mol. The number of hydrogen-bond donors (Lipinski definition) is 0. The summed E-state index contributed by atoms with van der Waals surface area (Å²) in [7, 11) is 0. The predicted octanol–water partition coefficient (Wildman–Crippen LogP) is 20.2. The summed E-state index contributed by atoms with van der Waals surface area (Å²) in [4.78, 5) is 37.9. The Hall–Kier alpha value is -4.45. The molecule has 0 aromatic rings. The molecule has 0 fully saturated rings. The molecule has 6 nitrogen and oxygen atoms in total. The highest BCUT2D eigenvalue weighted by molar-refractivity contribution is 5.71. The fraction of sp³-hybridized carbons (Fsp3) is 0.627. The number of ether oxygens (including phenoxy) is 3. The summed E-state index contributed by atoms with van der Waals surface area (Å²) < 4.78 is 16.7. The average molecular weight is 1010 g/mol. The molecule has 0 N–H and O–H groups in total. The van der Waals surface area contributed by atoms with Gasteiger partial charge in [-0.25, -0.2) is 0 Å². The lowest BCUT2D eigenvalue weighted by molar-refractivity contribution is -0.167. The number of carbonyl (C=O) groups is 3. The summed E-state index contributed by atoms with van der Waals surface area (Å²) in [6.45, 7) is 6.31. The van der Waals surface area contributed by atoms with Crippen LogP contribution in [-0.4, -0.2) is 37.2 Å². The van der Waals surface area contributed by atoms with Crippen LogP contribution in [0.3, 0.4) is 0 Å². The third-order valence-electron chi connectivity index (χ3n) is 12.2. The molecule has 0 aromatic heterocycles. The first-order valence-electron chi connectivity index (χ1n) is 29.7. The van der Waals surface area contributed by atoms with E-state index in [1.807, 2.05) is 0 Å². The Bertz CT molecular complexity index is 1580. The molecule has 0 bridgehead atoms. The van der Waals surface area contributed by atoms with Crippen molar-refractivity contribution in [3.05, 3.63) is 134 Å². The van der Waals surface area contributed by atoms with Crippen molar-refractivity contribution >= 4 is 17.9 Å². The quantitative estimate of drug-likeness (QED) is 0.0261. The van der Waals surface area contributed by atoms with Gasteiger partial charge < -0.3 is 14.2 Å². The lowest BCUT2D eigenvalue weighted by Gasteiger charge is -2.18. The Morgan fingerprint density at radius 1 is 0.288 bits per heavy atom. The number of esters is 3. The molecule has 0 heterocycles. The Balaban J connectivity index is 4.16. The smallest absolute Gasteiger partial charge is 0.306 e. The van der Waals surface area contributed by atoms with E-state index in [4.69, 9.17) is 14.2 Å². The summed E-state index contributed by atoms with van der Waals surface area (Å²) in [5, 5.41) is 0. The van der Waals surface area contributed by atoms with Gasteiger partial charge in [0, 0.05) is 19.3 Å².